The third-order valence-electron chi connectivity index (χ3n) is 2.32. The number of methoxy groups -OCH3 is 1. The van der Waals surface area contributed by atoms with Crippen LogP contribution in [0.3, 0.4) is 0 Å². The van der Waals surface area contributed by atoms with Crippen LogP contribution < -0.4 is 10.1 Å². The number of hydrogen-bond donors (Lipinski definition) is 1. The molecule has 0 aliphatic heterocycles. The summed E-state index contributed by atoms with van der Waals surface area (Å²) < 4.78 is 5.19. The van der Waals surface area contributed by atoms with Crippen LogP contribution in [0.5, 0.6) is 5.75 Å². The molecule has 0 saturated carbocycles. The molecule has 0 saturated heterocycles. The van der Waals surface area contributed by atoms with Gasteiger partial charge in [-0.3, -0.25) is 0 Å². The second-order valence-corrected chi connectivity index (χ2v) is 3.46. The van der Waals surface area contributed by atoms with Crippen molar-refractivity contribution in [1.82, 2.24) is 5.32 Å². The highest BCUT2D eigenvalue weighted by atomic mass is 16.5. The van der Waals surface area contributed by atoms with Crippen molar-refractivity contribution < 1.29 is 4.74 Å². The van der Waals surface area contributed by atoms with Gasteiger partial charge < -0.3 is 10.1 Å². The molecule has 1 aromatic rings. The van der Waals surface area contributed by atoms with E-state index in [-0.39, 0.29) is 0 Å². The monoisotopic (exact) mass is 204 g/mol. The van der Waals surface area contributed by atoms with E-state index in [9.17, 15) is 0 Å². The standard InChI is InChI=1S/C12H16N2O/c1-9-6-10(4-5-14-2)7-11(8-13)12(9)15-3/h6-7,14H,4-5H2,1-3H3. The highest BCUT2D eigenvalue weighted by Gasteiger charge is 2.07. The molecule has 0 aliphatic rings. The van der Waals surface area contributed by atoms with Crippen molar-refractivity contribution in [3.63, 3.8) is 0 Å². The predicted molar refractivity (Wildman–Crippen MR) is 60.1 cm³/mol. The molecule has 0 unspecified atom stereocenters. The fraction of sp³-hybridized carbons (Fsp3) is 0.417. The SMILES string of the molecule is CNCCc1cc(C)c(OC)c(C#N)c1. The predicted octanol–water partition coefficient (Wildman–Crippen LogP) is 1.64. The summed E-state index contributed by atoms with van der Waals surface area (Å²) in [6, 6.07) is 6.12. The van der Waals surface area contributed by atoms with Crippen molar-refractivity contribution in [2.45, 2.75) is 13.3 Å². The molecule has 1 aromatic carbocycles. The Morgan fingerprint density at radius 2 is 2.20 bits per heavy atom. The molecule has 0 fully saturated rings. The van der Waals surface area contributed by atoms with E-state index in [1.807, 2.05) is 20.0 Å². The number of nitrogens with zero attached hydrogens (tertiary/aromatic N) is 1. The minimum Gasteiger partial charge on any atom is -0.495 e. The summed E-state index contributed by atoms with van der Waals surface area (Å²) in [4.78, 5) is 0. The summed E-state index contributed by atoms with van der Waals surface area (Å²) in [6.45, 7) is 2.87. The Labute approximate surface area is 90.7 Å². The zero-order valence-corrected chi connectivity index (χ0v) is 9.42. The number of nitrogens with one attached hydrogen (secondary N) is 1. The second kappa shape index (κ2) is 5.38. The van der Waals surface area contributed by atoms with Crippen LogP contribution in [0.15, 0.2) is 12.1 Å². The van der Waals surface area contributed by atoms with Crippen LogP contribution in [0.25, 0.3) is 0 Å². The van der Waals surface area contributed by atoms with E-state index >= 15 is 0 Å². The first-order valence-corrected chi connectivity index (χ1v) is 4.95. The minimum absolute atomic E-state index is 0.614. The molecule has 3 nitrogen and oxygen atoms in total. The Hall–Kier alpha value is -1.53. The molecule has 0 aromatic heterocycles. The molecule has 80 valence electrons. The number of aryl methyl sites for hydroxylation is 1. The zero-order chi connectivity index (χ0) is 11.3. The lowest BCUT2D eigenvalue weighted by Gasteiger charge is -2.09. The highest BCUT2D eigenvalue weighted by Crippen LogP contribution is 2.24. The molecule has 3 heteroatoms. The molecule has 0 aliphatic carbocycles. The number of rotatable bonds is 4. The van der Waals surface area contributed by atoms with Gasteiger partial charge in [0.1, 0.15) is 11.8 Å². The van der Waals surface area contributed by atoms with Crippen molar-refractivity contribution in [3.8, 4) is 11.8 Å². The van der Waals surface area contributed by atoms with Crippen LogP contribution >= 0.6 is 0 Å². The summed E-state index contributed by atoms with van der Waals surface area (Å²) in [5, 5.41) is 12.1. The molecular weight excluding hydrogens is 188 g/mol. The Morgan fingerprint density at radius 1 is 1.47 bits per heavy atom. The Morgan fingerprint density at radius 3 is 2.73 bits per heavy atom. The number of benzene rings is 1. The van der Waals surface area contributed by atoms with Crippen LogP contribution in [-0.2, 0) is 6.42 Å². The Kier molecular flexibility index (Phi) is 4.14. The van der Waals surface area contributed by atoms with E-state index in [4.69, 9.17) is 10.00 Å². The maximum Gasteiger partial charge on any atom is 0.139 e. The van der Waals surface area contributed by atoms with Gasteiger partial charge in [-0.2, -0.15) is 5.26 Å². The van der Waals surface area contributed by atoms with E-state index in [2.05, 4.69) is 17.5 Å². The molecule has 1 N–H and O–H groups in total. The first-order valence-electron chi connectivity index (χ1n) is 4.95. The lowest BCUT2D eigenvalue weighted by atomic mass is 10.0. The average Bonchev–Trinajstić information content (AvgIpc) is 2.25. The number of ether oxygens (including phenoxy) is 1. The highest BCUT2D eigenvalue weighted by molar-refractivity contribution is 5.50. The van der Waals surface area contributed by atoms with E-state index in [0.29, 0.717) is 11.3 Å². The lowest BCUT2D eigenvalue weighted by molar-refractivity contribution is 0.410. The normalized spacial score (nSPS) is 9.73. The van der Waals surface area contributed by atoms with Crippen molar-refractivity contribution in [1.29, 1.82) is 5.26 Å². The largest absolute Gasteiger partial charge is 0.495 e. The van der Waals surface area contributed by atoms with Crippen molar-refractivity contribution in [2.75, 3.05) is 20.7 Å². The smallest absolute Gasteiger partial charge is 0.139 e. The molecule has 0 radical (unpaired) electrons. The molecule has 1 rings (SSSR count). The average molecular weight is 204 g/mol. The van der Waals surface area contributed by atoms with Crippen LogP contribution in [0.1, 0.15) is 16.7 Å². The zero-order valence-electron chi connectivity index (χ0n) is 9.42. The van der Waals surface area contributed by atoms with E-state index < -0.39 is 0 Å². The van der Waals surface area contributed by atoms with Crippen LogP contribution in [0, 0.1) is 18.3 Å². The quantitative estimate of drug-likeness (QED) is 0.811. The van der Waals surface area contributed by atoms with Crippen molar-refractivity contribution in [3.05, 3.63) is 28.8 Å². The Bertz CT molecular complexity index is 380. The Balaban J connectivity index is 3.04. The van der Waals surface area contributed by atoms with Gasteiger partial charge in [-0.1, -0.05) is 6.07 Å². The first kappa shape index (κ1) is 11.5. The molecule has 0 amide bonds. The van der Waals surface area contributed by atoms with Crippen LogP contribution in [0.4, 0.5) is 0 Å². The number of nitriles is 1. The maximum absolute atomic E-state index is 8.98. The second-order valence-electron chi connectivity index (χ2n) is 3.46. The maximum atomic E-state index is 8.98. The molecule has 0 heterocycles. The van der Waals surface area contributed by atoms with E-state index in [1.54, 1.807) is 7.11 Å². The third kappa shape index (κ3) is 2.71. The summed E-state index contributed by atoms with van der Waals surface area (Å²) in [7, 11) is 3.51. The molecular formula is C12H16N2O. The van der Waals surface area contributed by atoms with E-state index in [1.165, 1.54) is 5.56 Å². The number of hydrogen-bond acceptors (Lipinski definition) is 3. The van der Waals surface area contributed by atoms with Gasteiger partial charge in [0.25, 0.3) is 0 Å². The van der Waals surface area contributed by atoms with Gasteiger partial charge in [-0.25, -0.2) is 0 Å². The molecule has 0 atom stereocenters. The van der Waals surface area contributed by atoms with Gasteiger partial charge in [0, 0.05) is 0 Å². The molecule has 0 spiro atoms. The fourth-order valence-electron chi connectivity index (χ4n) is 1.62. The van der Waals surface area contributed by atoms with Crippen LogP contribution in [0.2, 0.25) is 0 Å². The van der Waals surface area contributed by atoms with E-state index in [0.717, 1.165) is 18.5 Å². The fourth-order valence-corrected chi connectivity index (χ4v) is 1.62. The van der Waals surface area contributed by atoms with Gasteiger partial charge in [0.05, 0.1) is 12.7 Å². The minimum atomic E-state index is 0.614. The topological polar surface area (TPSA) is 45.0 Å². The van der Waals surface area contributed by atoms with Gasteiger partial charge in [0.15, 0.2) is 0 Å². The lowest BCUT2D eigenvalue weighted by Crippen LogP contribution is -2.10. The van der Waals surface area contributed by atoms with Gasteiger partial charge in [-0.15, -0.1) is 0 Å². The summed E-state index contributed by atoms with van der Waals surface area (Å²) in [5.74, 6) is 0.686. The van der Waals surface area contributed by atoms with Crippen molar-refractivity contribution >= 4 is 0 Å². The van der Waals surface area contributed by atoms with Gasteiger partial charge in [0.2, 0.25) is 0 Å². The van der Waals surface area contributed by atoms with Crippen molar-refractivity contribution in [2.24, 2.45) is 0 Å². The van der Waals surface area contributed by atoms with Crippen LogP contribution in [-0.4, -0.2) is 20.7 Å². The first-order chi connectivity index (χ1) is 7.22. The van der Waals surface area contributed by atoms with Gasteiger partial charge >= 0.3 is 0 Å². The summed E-state index contributed by atoms with van der Waals surface area (Å²) >= 11 is 0. The summed E-state index contributed by atoms with van der Waals surface area (Å²) in [6.07, 6.45) is 0.927. The summed E-state index contributed by atoms with van der Waals surface area (Å²) in [5.41, 5.74) is 2.80. The molecule has 0 bridgehead atoms. The third-order valence-corrected chi connectivity index (χ3v) is 2.32. The van der Waals surface area contributed by atoms with Gasteiger partial charge in [-0.05, 0) is 44.1 Å². The molecule has 15 heavy (non-hydrogen) atoms. The number of likely N-dealkylation sites (N-methyl/N-ethyl adjacent to an activating group) is 1.